The summed E-state index contributed by atoms with van der Waals surface area (Å²) >= 11 is 0. The number of sulfone groups is 1. The molecule has 8 heteroatoms. The van der Waals surface area contributed by atoms with Crippen LogP contribution in [0, 0.1) is 11.3 Å². The summed E-state index contributed by atoms with van der Waals surface area (Å²) in [7, 11) is -5.99. The van der Waals surface area contributed by atoms with Crippen LogP contribution < -0.4 is 4.72 Å². The van der Waals surface area contributed by atoms with Crippen molar-refractivity contribution in [1.82, 2.24) is 4.72 Å². The van der Waals surface area contributed by atoms with Crippen molar-refractivity contribution in [3.8, 4) is 0 Å². The molecule has 0 saturated heterocycles. The van der Waals surface area contributed by atoms with E-state index in [1.54, 1.807) is 7.11 Å². The topological polar surface area (TPSA) is 89.5 Å². The Morgan fingerprint density at radius 2 is 1.61 bits per heavy atom. The van der Waals surface area contributed by atoms with Gasteiger partial charge in [-0.3, -0.25) is 0 Å². The molecular formula is C15H23NO5S2. The molecule has 130 valence electrons. The van der Waals surface area contributed by atoms with Crippen molar-refractivity contribution in [3.63, 3.8) is 0 Å². The molecule has 1 aliphatic carbocycles. The highest BCUT2D eigenvalue weighted by molar-refractivity contribution is 7.93. The SMILES string of the molecule is CO[C@@H]1[C@H](C)[C@H](NS(=O)(=O)c2ccccc2S(C)(=O)=O)C1(C)C. The first-order valence-corrected chi connectivity index (χ1v) is 10.6. The Bertz CT molecular complexity index is 799. The molecule has 0 amide bonds. The van der Waals surface area contributed by atoms with E-state index < -0.39 is 19.9 Å². The van der Waals surface area contributed by atoms with E-state index in [2.05, 4.69) is 4.72 Å². The molecule has 0 bridgehead atoms. The molecule has 2 rings (SSSR count). The number of ether oxygens (including phenoxy) is 1. The van der Waals surface area contributed by atoms with Crippen LogP contribution in [0.5, 0.6) is 0 Å². The number of rotatable bonds is 5. The second kappa shape index (κ2) is 5.84. The number of sulfonamides is 1. The second-order valence-corrected chi connectivity index (χ2v) is 10.3. The number of hydrogen-bond donors (Lipinski definition) is 1. The Morgan fingerprint density at radius 3 is 2.04 bits per heavy atom. The number of benzene rings is 1. The van der Waals surface area contributed by atoms with Gasteiger partial charge in [0.2, 0.25) is 10.0 Å². The lowest BCUT2D eigenvalue weighted by Gasteiger charge is -2.56. The largest absolute Gasteiger partial charge is 0.380 e. The fourth-order valence-corrected chi connectivity index (χ4v) is 6.69. The minimum Gasteiger partial charge on any atom is -0.380 e. The molecular weight excluding hydrogens is 338 g/mol. The van der Waals surface area contributed by atoms with Crippen molar-refractivity contribution in [2.45, 2.75) is 42.7 Å². The fourth-order valence-electron chi connectivity index (χ4n) is 3.58. The third-order valence-corrected chi connectivity index (χ3v) is 7.40. The molecule has 1 fully saturated rings. The van der Waals surface area contributed by atoms with Gasteiger partial charge < -0.3 is 4.74 Å². The van der Waals surface area contributed by atoms with Crippen molar-refractivity contribution in [2.24, 2.45) is 11.3 Å². The zero-order valence-electron chi connectivity index (χ0n) is 13.9. The van der Waals surface area contributed by atoms with Gasteiger partial charge in [-0.25, -0.2) is 21.6 Å². The van der Waals surface area contributed by atoms with E-state index in [1.807, 2.05) is 20.8 Å². The van der Waals surface area contributed by atoms with Crippen molar-refractivity contribution in [2.75, 3.05) is 13.4 Å². The van der Waals surface area contributed by atoms with Crippen LogP contribution in [0.1, 0.15) is 20.8 Å². The van der Waals surface area contributed by atoms with E-state index >= 15 is 0 Å². The van der Waals surface area contributed by atoms with Gasteiger partial charge in [0.25, 0.3) is 0 Å². The van der Waals surface area contributed by atoms with Gasteiger partial charge in [-0.05, 0) is 18.1 Å². The fraction of sp³-hybridized carbons (Fsp3) is 0.600. The zero-order valence-corrected chi connectivity index (χ0v) is 15.5. The molecule has 1 aliphatic rings. The quantitative estimate of drug-likeness (QED) is 0.857. The van der Waals surface area contributed by atoms with Crippen LogP contribution in [0.3, 0.4) is 0 Å². The van der Waals surface area contributed by atoms with Gasteiger partial charge in [0.15, 0.2) is 9.84 Å². The Morgan fingerprint density at radius 1 is 1.09 bits per heavy atom. The molecule has 3 atom stereocenters. The summed E-state index contributed by atoms with van der Waals surface area (Å²) in [5.41, 5.74) is -0.374. The van der Waals surface area contributed by atoms with Crippen LogP contribution >= 0.6 is 0 Å². The van der Waals surface area contributed by atoms with Gasteiger partial charge in [0.05, 0.1) is 11.0 Å². The normalized spacial score (nSPS) is 27.4. The van der Waals surface area contributed by atoms with Crippen LogP contribution in [-0.4, -0.2) is 42.3 Å². The van der Waals surface area contributed by atoms with Gasteiger partial charge in [0, 0.05) is 24.8 Å². The summed E-state index contributed by atoms with van der Waals surface area (Å²) in [5.74, 6) is -0.00447. The Balaban J connectivity index is 2.39. The van der Waals surface area contributed by atoms with E-state index in [9.17, 15) is 16.8 Å². The summed E-state index contributed by atoms with van der Waals surface area (Å²) in [6.07, 6.45) is 0.943. The van der Waals surface area contributed by atoms with Crippen LogP contribution in [0.4, 0.5) is 0 Å². The Kier molecular flexibility index (Phi) is 4.67. The third-order valence-electron chi connectivity index (χ3n) is 4.61. The van der Waals surface area contributed by atoms with Crippen molar-refractivity contribution < 1.29 is 21.6 Å². The molecule has 0 aromatic heterocycles. The smallest absolute Gasteiger partial charge is 0.242 e. The standard InChI is InChI=1S/C15H23NO5S2/c1-10-13(15(2,3)14(10)21-4)16-23(19,20)12-9-7-6-8-11(12)22(5,17)18/h6-10,13-14,16H,1-5H3/t10-,13+,14-/m1/s1. The predicted octanol–water partition coefficient (Wildman–Crippen LogP) is 1.43. The first kappa shape index (κ1) is 18.4. The molecule has 0 spiro atoms. The first-order valence-electron chi connectivity index (χ1n) is 7.27. The average Bonchev–Trinajstić information content (AvgIpc) is 2.44. The lowest BCUT2D eigenvalue weighted by molar-refractivity contribution is -0.138. The molecule has 6 nitrogen and oxygen atoms in total. The van der Waals surface area contributed by atoms with E-state index in [4.69, 9.17) is 4.74 Å². The van der Waals surface area contributed by atoms with E-state index in [-0.39, 0.29) is 33.3 Å². The Hall–Kier alpha value is -0.960. The van der Waals surface area contributed by atoms with Crippen molar-refractivity contribution >= 4 is 19.9 Å². The van der Waals surface area contributed by atoms with Gasteiger partial charge in [0.1, 0.15) is 4.90 Å². The zero-order chi connectivity index (χ0) is 17.6. The molecule has 1 N–H and O–H groups in total. The minimum absolute atomic E-state index is 0.00447. The van der Waals surface area contributed by atoms with E-state index in [0.717, 1.165) is 6.26 Å². The number of hydrogen-bond acceptors (Lipinski definition) is 5. The highest BCUT2D eigenvalue weighted by atomic mass is 32.2. The van der Waals surface area contributed by atoms with Gasteiger partial charge >= 0.3 is 0 Å². The van der Waals surface area contributed by atoms with Crippen LogP contribution in [0.25, 0.3) is 0 Å². The molecule has 1 saturated carbocycles. The number of methoxy groups -OCH3 is 1. The van der Waals surface area contributed by atoms with Gasteiger partial charge in [-0.2, -0.15) is 0 Å². The summed E-state index contributed by atoms with van der Waals surface area (Å²) in [5, 5.41) is 0. The summed E-state index contributed by atoms with van der Waals surface area (Å²) in [6.45, 7) is 5.77. The van der Waals surface area contributed by atoms with E-state index in [0.29, 0.717) is 0 Å². The van der Waals surface area contributed by atoms with Crippen LogP contribution in [-0.2, 0) is 24.6 Å². The lowest BCUT2D eigenvalue weighted by atomic mass is 9.58. The molecule has 1 aromatic carbocycles. The highest BCUT2D eigenvalue weighted by Gasteiger charge is 2.56. The molecule has 23 heavy (non-hydrogen) atoms. The van der Waals surface area contributed by atoms with Crippen LogP contribution in [0.2, 0.25) is 0 Å². The average molecular weight is 361 g/mol. The first-order chi connectivity index (χ1) is 10.4. The maximum atomic E-state index is 12.7. The van der Waals surface area contributed by atoms with Gasteiger partial charge in [-0.1, -0.05) is 32.9 Å². The summed E-state index contributed by atoms with van der Waals surface area (Å²) in [4.78, 5) is -0.410. The minimum atomic E-state index is -3.95. The number of nitrogens with one attached hydrogen (secondary N) is 1. The monoisotopic (exact) mass is 361 g/mol. The summed E-state index contributed by atoms with van der Waals surface area (Å²) in [6, 6.07) is 5.30. The maximum absolute atomic E-state index is 12.7. The van der Waals surface area contributed by atoms with Crippen LogP contribution in [0.15, 0.2) is 34.1 Å². The van der Waals surface area contributed by atoms with E-state index in [1.165, 1.54) is 24.3 Å². The van der Waals surface area contributed by atoms with Crippen molar-refractivity contribution in [3.05, 3.63) is 24.3 Å². The molecule has 0 radical (unpaired) electrons. The highest BCUT2D eigenvalue weighted by Crippen LogP contribution is 2.47. The lowest BCUT2D eigenvalue weighted by Crippen LogP contribution is -2.67. The summed E-state index contributed by atoms with van der Waals surface area (Å²) < 4.78 is 57.2. The van der Waals surface area contributed by atoms with Gasteiger partial charge in [-0.15, -0.1) is 0 Å². The van der Waals surface area contributed by atoms with Crippen molar-refractivity contribution in [1.29, 1.82) is 0 Å². The molecule has 0 aliphatic heterocycles. The predicted molar refractivity (Wildman–Crippen MR) is 87.4 cm³/mol. The second-order valence-electron chi connectivity index (χ2n) is 6.65. The third kappa shape index (κ3) is 3.17. The molecule has 1 aromatic rings. The Labute approximate surface area is 138 Å². The molecule has 0 heterocycles. The molecule has 0 unspecified atom stereocenters. The maximum Gasteiger partial charge on any atom is 0.242 e.